The molecule has 2 aromatic carbocycles. The summed E-state index contributed by atoms with van der Waals surface area (Å²) in [5.74, 6) is -1.33. The van der Waals surface area contributed by atoms with Crippen molar-refractivity contribution in [1.29, 1.82) is 0 Å². The summed E-state index contributed by atoms with van der Waals surface area (Å²) < 4.78 is 15.2. The number of carbonyl (C=O) groups is 3. The lowest BCUT2D eigenvalue weighted by Gasteiger charge is -2.27. The fourth-order valence-corrected chi connectivity index (χ4v) is 3.59. The minimum atomic E-state index is -0.836. The van der Waals surface area contributed by atoms with Crippen LogP contribution in [-0.2, 0) is 20.7 Å². The van der Waals surface area contributed by atoms with Gasteiger partial charge in [-0.3, -0.25) is 4.79 Å². The summed E-state index contributed by atoms with van der Waals surface area (Å²) in [6, 6.07) is 12.2. The Labute approximate surface area is 175 Å². The third kappa shape index (κ3) is 4.79. The molecule has 0 spiro atoms. The lowest BCUT2D eigenvalue weighted by Crippen LogP contribution is -2.39. The molecule has 0 fully saturated rings. The van der Waals surface area contributed by atoms with Gasteiger partial charge in [0.2, 0.25) is 0 Å². The van der Waals surface area contributed by atoms with Crippen LogP contribution in [-0.4, -0.2) is 38.2 Å². The van der Waals surface area contributed by atoms with Crippen molar-refractivity contribution in [1.82, 2.24) is 5.32 Å². The van der Waals surface area contributed by atoms with E-state index in [1.54, 1.807) is 6.92 Å². The molecule has 0 radical (unpaired) electrons. The molecule has 158 valence electrons. The van der Waals surface area contributed by atoms with E-state index < -0.39 is 18.0 Å². The van der Waals surface area contributed by atoms with Gasteiger partial charge in [-0.15, -0.1) is 0 Å². The number of methoxy groups -OCH3 is 2. The Morgan fingerprint density at radius 2 is 1.63 bits per heavy atom. The number of hydrogen-bond donors (Lipinski definition) is 1. The fourth-order valence-electron chi connectivity index (χ4n) is 3.59. The SMILES string of the molecule is COC(=O)c1cc(O[C@@H](C)C(=O)N[C@H]2CCCc3ccccc32)cc(C(=O)OC)c1. The molecular formula is C23H25NO6. The first-order valence-electron chi connectivity index (χ1n) is 9.79. The molecule has 0 aromatic heterocycles. The summed E-state index contributed by atoms with van der Waals surface area (Å²) in [5.41, 5.74) is 2.63. The van der Waals surface area contributed by atoms with Gasteiger partial charge in [-0.25, -0.2) is 9.59 Å². The Hall–Kier alpha value is -3.35. The van der Waals surface area contributed by atoms with E-state index in [2.05, 4.69) is 11.4 Å². The molecule has 1 aliphatic carbocycles. The van der Waals surface area contributed by atoms with Crippen LogP contribution in [0.15, 0.2) is 42.5 Å². The van der Waals surface area contributed by atoms with Crippen LogP contribution in [0.2, 0.25) is 0 Å². The van der Waals surface area contributed by atoms with Gasteiger partial charge in [-0.2, -0.15) is 0 Å². The summed E-state index contributed by atoms with van der Waals surface area (Å²) in [6.07, 6.45) is 2.03. The Morgan fingerprint density at radius 1 is 1.00 bits per heavy atom. The molecule has 2 aromatic rings. The zero-order valence-corrected chi connectivity index (χ0v) is 17.3. The Kier molecular flexibility index (Phi) is 6.72. The highest BCUT2D eigenvalue weighted by Gasteiger charge is 2.25. The number of ether oxygens (including phenoxy) is 3. The number of hydrogen-bond acceptors (Lipinski definition) is 6. The molecule has 1 aliphatic rings. The number of amides is 1. The summed E-state index contributed by atoms with van der Waals surface area (Å²) in [7, 11) is 2.48. The van der Waals surface area contributed by atoms with Crippen LogP contribution in [0.3, 0.4) is 0 Å². The van der Waals surface area contributed by atoms with E-state index >= 15 is 0 Å². The van der Waals surface area contributed by atoms with Gasteiger partial charge >= 0.3 is 11.9 Å². The van der Waals surface area contributed by atoms with Crippen molar-refractivity contribution in [3.63, 3.8) is 0 Å². The van der Waals surface area contributed by atoms with Crippen LogP contribution in [0.5, 0.6) is 5.75 Å². The third-order valence-corrected chi connectivity index (χ3v) is 5.12. The number of aryl methyl sites for hydroxylation is 1. The van der Waals surface area contributed by atoms with Crippen molar-refractivity contribution in [2.75, 3.05) is 14.2 Å². The molecule has 7 heteroatoms. The van der Waals surface area contributed by atoms with Gasteiger partial charge in [-0.05, 0) is 55.5 Å². The lowest BCUT2D eigenvalue weighted by atomic mass is 9.87. The van der Waals surface area contributed by atoms with Crippen LogP contribution in [0.4, 0.5) is 0 Å². The fraction of sp³-hybridized carbons (Fsp3) is 0.348. The quantitative estimate of drug-likeness (QED) is 0.734. The lowest BCUT2D eigenvalue weighted by molar-refractivity contribution is -0.128. The highest BCUT2D eigenvalue weighted by Crippen LogP contribution is 2.29. The molecule has 0 saturated heterocycles. The Balaban J connectivity index is 1.75. The molecule has 3 rings (SSSR count). The zero-order chi connectivity index (χ0) is 21.7. The van der Waals surface area contributed by atoms with Gasteiger partial charge in [0.15, 0.2) is 6.10 Å². The average molecular weight is 411 g/mol. The van der Waals surface area contributed by atoms with E-state index in [0.717, 1.165) is 24.8 Å². The molecule has 2 atom stereocenters. The molecule has 30 heavy (non-hydrogen) atoms. The minimum absolute atomic E-state index is 0.0690. The van der Waals surface area contributed by atoms with E-state index in [-0.39, 0.29) is 28.8 Å². The maximum atomic E-state index is 12.8. The standard InChI is InChI=1S/C23H25NO6/c1-14(21(25)24-20-10-6-8-15-7-4-5-9-19(15)20)30-18-12-16(22(26)28-2)11-17(13-18)23(27)29-3/h4-5,7,9,11-14,20H,6,8,10H2,1-3H3,(H,24,25)/t14-,20-/m0/s1. The van der Waals surface area contributed by atoms with Gasteiger partial charge in [0.1, 0.15) is 5.75 Å². The second-order valence-corrected chi connectivity index (χ2v) is 7.14. The zero-order valence-electron chi connectivity index (χ0n) is 17.3. The maximum absolute atomic E-state index is 12.8. The highest BCUT2D eigenvalue weighted by molar-refractivity contribution is 5.96. The van der Waals surface area contributed by atoms with Crippen LogP contribution in [0, 0.1) is 0 Å². The molecule has 0 unspecified atom stereocenters. The van der Waals surface area contributed by atoms with Crippen molar-refractivity contribution in [3.8, 4) is 5.75 Å². The predicted molar refractivity (Wildman–Crippen MR) is 109 cm³/mol. The maximum Gasteiger partial charge on any atom is 0.338 e. The number of benzene rings is 2. The van der Waals surface area contributed by atoms with Crippen molar-refractivity contribution < 1.29 is 28.6 Å². The van der Waals surface area contributed by atoms with E-state index in [9.17, 15) is 14.4 Å². The van der Waals surface area contributed by atoms with E-state index in [1.807, 2.05) is 18.2 Å². The minimum Gasteiger partial charge on any atom is -0.481 e. The predicted octanol–water partition coefficient (Wildman–Crippen LogP) is 3.22. The molecule has 7 nitrogen and oxygen atoms in total. The molecule has 1 N–H and O–H groups in total. The summed E-state index contributed by atoms with van der Waals surface area (Å²) >= 11 is 0. The Morgan fingerprint density at radius 3 is 2.27 bits per heavy atom. The van der Waals surface area contributed by atoms with Crippen LogP contribution < -0.4 is 10.1 Å². The first-order chi connectivity index (χ1) is 14.4. The van der Waals surface area contributed by atoms with Gasteiger partial charge < -0.3 is 19.5 Å². The second kappa shape index (κ2) is 9.43. The molecule has 0 aliphatic heterocycles. The van der Waals surface area contributed by atoms with Crippen molar-refractivity contribution in [3.05, 3.63) is 64.7 Å². The Bertz CT molecular complexity index is 920. The van der Waals surface area contributed by atoms with Crippen molar-refractivity contribution >= 4 is 17.8 Å². The number of carbonyl (C=O) groups excluding carboxylic acids is 3. The summed E-state index contributed by atoms with van der Waals surface area (Å²) in [5, 5.41) is 3.04. The van der Waals surface area contributed by atoms with Crippen LogP contribution >= 0.6 is 0 Å². The monoisotopic (exact) mass is 411 g/mol. The molecule has 0 saturated carbocycles. The number of nitrogens with one attached hydrogen (secondary N) is 1. The third-order valence-electron chi connectivity index (χ3n) is 5.12. The van der Waals surface area contributed by atoms with Gasteiger partial charge in [0.25, 0.3) is 5.91 Å². The number of rotatable bonds is 6. The largest absolute Gasteiger partial charge is 0.481 e. The van der Waals surface area contributed by atoms with E-state index in [1.165, 1.54) is 38.0 Å². The highest BCUT2D eigenvalue weighted by atomic mass is 16.5. The van der Waals surface area contributed by atoms with Crippen molar-refractivity contribution in [2.24, 2.45) is 0 Å². The van der Waals surface area contributed by atoms with Gasteiger partial charge in [0.05, 0.1) is 31.4 Å². The molecule has 1 amide bonds. The second-order valence-electron chi connectivity index (χ2n) is 7.14. The van der Waals surface area contributed by atoms with Gasteiger partial charge in [-0.1, -0.05) is 24.3 Å². The average Bonchev–Trinajstić information content (AvgIpc) is 2.77. The number of fused-ring (bicyclic) bond motifs is 1. The summed E-state index contributed by atoms with van der Waals surface area (Å²) in [4.78, 5) is 36.6. The van der Waals surface area contributed by atoms with Crippen molar-refractivity contribution in [2.45, 2.75) is 38.3 Å². The van der Waals surface area contributed by atoms with Crippen LogP contribution in [0.25, 0.3) is 0 Å². The first-order valence-corrected chi connectivity index (χ1v) is 9.79. The molecule has 0 heterocycles. The molecular weight excluding hydrogens is 386 g/mol. The summed E-state index contributed by atoms with van der Waals surface area (Å²) in [6.45, 7) is 1.62. The molecule has 0 bridgehead atoms. The van der Waals surface area contributed by atoms with E-state index in [0.29, 0.717) is 0 Å². The number of esters is 2. The van der Waals surface area contributed by atoms with Crippen LogP contribution in [0.1, 0.15) is 57.7 Å². The van der Waals surface area contributed by atoms with E-state index in [4.69, 9.17) is 14.2 Å². The smallest absolute Gasteiger partial charge is 0.338 e. The topological polar surface area (TPSA) is 90.9 Å². The van der Waals surface area contributed by atoms with Gasteiger partial charge in [0, 0.05) is 0 Å². The normalized spacial score (nSPS) is 16.0. The first kappa shape index (κ1) is 21.4.